The van der Waals surface area contributed by atoms with E-state index in [9.17, 15) is 0 Å². The molecule has 1 aromatic heterocycles. The van der Waals surface area contributed by atoms with Gasteiger partial charge in [-0.25, -0.2) is 9.97 Å². The summed E-state index contributed by atoms with van der Waals surface area (Å²) in [4.78, 5) is 11.2. The molecular weight excluding hydrogens is 270 g/mol. The van der Waals surface area contributed by atoms with Crippen molar-refractivity contribution in [3.63, 3.8) is 0 Å². The van der Waals surface area contributed by atoms with Gasteiger partial charge in [0, 0.05) is 45.9 Å². The van der Waals surface area contributed by atoms with E-state index in [1.807, 2.05) is 13.0 Å². The fourth-order valence-corrected chi connectivity index (χ4v) is 2.20. The second-order valence-corrected chi connectivity index (χ2v) is 4.99. The third-order valence-electron chi connectivity index (χ3n) is 3.29. The molecule has 1 aromatic rings. The molecule has 0 aliphatic carbocycles. The average Bonchev–Trinajstić information content (AvgIpc) is 2.48. The molecule has 2 rings (SSSR count). The van der Waals surface area contributed by atoms with Crippen LogP contribution in [0.3, 0.4) is 0 Å². The summed E-state index contributed by atoms with van der Waals surface area (Å²) in [5, 5.41) is 6.58. The van der Waals surface area contributed by atoms with Crippen LogP contribution in [-0.4, -0.2) is 74.5 Å². The van der Waals surface area contributed by atoms with Gasteiger partial charge in [-0.3, -0.25) is 4.90 Å². The molecule has 0 radical (unpaired) electrons. The van der Waals surface area contributed by atoms with Crippen LogP contribution >= 0.6 is 0 Å². The van der Waals surface area contributed by atoms with Crippen molar-refractivity contribution in [3.8, 4) is 0 Å². The molecule has 0 unspecified atom stereocenters. The van der Waals surface area contributed by atoms with Crippen molar-refractivity contribution in [2.75, 3.05) is 70.3 Å². The lowest BCUT2D eigenvalue weighted by Crippen LogP contribution is -2.39. The van der Waals surface area contributed by atoms with Gasteiger partial charge >= 0.3 is 0 Å². The Labute approximate surface area is 126 Å². The number of morpholine rings is 1. The van der Waals surface area contributed by atoms with Gasteiger partial charge in [0.1, 0.15) is 17.5 Å². The first-order valence-electron chi connectivity index (χ1n) is 7.40. The highest BCUT2D eigenvalue weighted by atomic mass is 16.5. The van der Waals surface area contributed by atoms with Crippen LogP contribution in [0.15, 0.2) is 6.07 Å². The lowest BCUT2D eigenvalue weighted by Gasteiger charge is -2.26. The molecule has 0 atom stereocenters. The summed E-state index contributed by atoms with van der Waals surface area (Å²) in [6, 6.07) is 1.93. The predicted molar refractivity (Wildman–Crippen MR) is 82.9 cm³/mol. The van der Waals surface area contributed by atoms with E-state index in [-0.39, 0.29) is 0 Å². The molecule has 0 aromatic carbocycles. The van der Waals surface area contributed by atoms with Gasteiger partial charge in [0.15, 0.2) is 0 Å². The Morgan fingerprint density at radius 3 is 2.52 bits per heavy atom. The number of hydrogen-bond acceptors (Lipinski definition) is 7. The molecule has 0 amide bonds. The zero-order valence-corrected chi connectivity index (χ0v) is 12.9. The molecule has 1 aliphatic heterocycles. The number of nitrogens with one attached hydrogen (secondary N) is 2. The third-order valence-corrected chi connectivity index (χ3v) is 3.29. The number of ether oxygens (including phenoxy) is 2. The van der Waals surface area contributed by atoms with E-state index in [0.717, 1.165) is 63.4 Å². The lowest BCUT2D eigenvalue weighted by atomic mass is 10.4. The Morgan fingerprint density at radius 1 is 1.19 bits per heavy atom. The van der Waals surface area contributed by atoms with Gasteiger partial charge in [0.2, 0.25) is 0 Å². The maximum atomic E-state index is 5.34. The van der Waals surface area contributed by atoms with E-state index in [0.29, 0.717) is 6.61 Å². The van der Waals surface area contributed by atoms with E-state index in [1.54, 1.807) is 7.11 Å². The van der Waals surface area contributed by atoms with E-state index < -0.39 is 0 Å². The minimum absolute atomic E-state index is 0.656. The molecule has 0 bridgehead atoms. The van der Waals surface area contributed by atoms with E-state index in [4.69, 9.17) is 9.47 Å². The normalized spacial score (nSPS) is 15.9. The van der Waals surface area contributed by atoms with Crippen LogP contribution in [0.4, 0.5) is 11.6 Å². The molecule has 0 saturated carbocycles. The van der Waals surface area contributed by atoms with Gasteiger partial charge in [-0.15, -0.1) is 0 Å². The summed E-state index contributed by atoms with van der Waals surface area (Å²) in [5.74, 6) is 2.44. The van der Waals surface area contributed by atoms with Crippen molar-refractivity contribution in [1.29, 1.82) is 0 Å². The number of aromatic nitrogens is 2. The van der Waals surface area contributed by atoms with Crippen LogP contribution in [0.1, 0.15) is 5.82 Å². The van der Waals surface area contributed by atoms with Gasteiger partial charge in [-0.05, 0) is 6.92 Å². The second-order valence-electron chi connectivity index (χ2n) is 4.99. The number of aryl methyl sites for hydroxylation is 1. The summed E-state index contributed by atoms with van der Waals surface area (Å²) in [5.41, 5.74) is 0. The van der Waals surface area contributed by atoms with Crippen LogP contribution in [0, 0.1) is 6.92 Å². The highest BCUT2D eigenvalue weighted by Crippen LogP contribution is 2.10. The Balaban J connectivity index is 1.78. The Bertz CT molecular complexity index is 424. The number of anilines is 2. The summed E-state index contributed by atoms with van der Waals surface area (Å²) >= 11 is 0. The molecule has 118 valence electrons. The SMILES string of the molecule is COCCNc1cc(NCCN2CCOCC2)nc(C)n1. The minimum atomic E-state index is 0.656. The van der Waals surface area contributed by atoms with Gasteiger partial charge in [-0.2, -0.15) is 0 Å². The van der Waals surface area contributed by atoms with Crippen molar-refractivity contribution < 1.29 is 9.47 Å². The lowest BCUT2D eigenvalue weighted by molar-refractivity contribution is 0.0398. The molecule has 21 heavy (non-hydrogen) atoms. The molecule has 1 fully saturated rings. The largest absolute Gasteiger partial charge is 0.383 e. The summed E-state index contributed by atoms with van der Waals surface area (Å²) in [7, 11) is 1.69. The molecule has 2 N–H and O–H groups in total. The number of methoxy groups -OCH3 is 1. The van der Waals surface area contributed by atoms with Crippen LogP contribution in [0.5, 0.6) is 0 Å². The molecule has 1 saturated heterocycles. The first kappa shape index (κ1) is 15.9. The summed E-state index contributed by atoms with van der Waals surface area (Å²) < 4.78 is 10.4. The minimum Gasteiger partial charge on any atom is -0.383 e. The summed E-state index contributed by atoms with van der Waals surface area (Å²) in [6.45, 7) is 8.84. The van der Waals surface area contributed by atoms with Crippen LogP contribution in [0.25, 0.3) is 0 Å². The van der Waals surface area contributed by atoms with Gasteiger partial charge in [0.25, 0.3) is 0 Å². The first-order chi connectivity index (χ1) is 10.3. The Hall–Kier alpha value is -1.44. The topological polar surface area (TPSA) is 71.5 Å². The highest BCUT2D eigenvalue weighted by molar-refractivity contribution is 5.47. The van der Waals surface area contributed by atoms with Crippen molar-refractivity contribution in [2.45, 2.75) is 6.92 Å². The fourth-order valence-electron chi connectivity index (χ4n) is 2.20. The first-order valence-corrected chi connectivity index (χ1v) is 7.40. The van der Waals surface area contributed by atoms with E-state index in [1.165, 1.54) is 0 Å². The number of hydrogen-bond donors (Lipinski definition) is 2. The fraction of sp³-hybridized carbons (Fsp3) is 0.714. The maximum Gasteiger partial charge on any atom is 0.131 e. The van der Waals surface area contributed by atoms with Gasteiger partial charge in [-0.1, -0.05) is 0 Å². The average molecular weight is 295 g/mol. The predicted octanol–water partition coefficient (Wildman–Crippen LogP) is 0.587. The second kappa shape index (κ2) is 8.76. The maximum absolute atomic E-state index is 5.34. The zero-order valence-electron chi connectivity index (χ0n) is 12.9. The van der Waals surface area contributed by atoms with Crippen molar-refractivity contribution in [1.82, 2.24) is 14.9 Å². The third kappa shape index (κ3) is 5.82. The van der Waals surface area contributed by atoms with Crippen molar-refractivity contribution in [3.05, 3.63) is 11.9 Å². The molecule has 7 nitrogen and oxygen atoms in total. The highest BCUT2D eigenvalue weighted by Gasteiger charge is 2.09. The molecule has 7 heteroatoms. The monoisotopic (exact) mass is 295 g/mol. The molecule has 2 heterocycles. The van der Waals surface area contributed by atoms with Crippen LogP contribution in [-0.2, 0) is 9.47 Å². The van der Waals surface area contributed by atoms with Gasteiger partial charge in [0.05, 0.1) is 19.8 Å². The molecule has 1 aliphatic rings. The van der Waals surface area contributed by atoms with Crippen molar-refractivity contribution >= 4 is 11.6 Å². The molecule has 0 spiro atoms. The number of nitrogens with zero attached hydrogens (tertiary/aromatic N) is 3. The van der Waals surface area contributed by atoms with Crippen LogP contribution < -0.4 is 10.6 Å². The molecular formula is C14H25N5O2. The summed E-state index contributed by atoms with van der Waals surface area (Å²) in [6.07, 6.45) is 0. The zero-order chi connectivity index (χ0) is 14.9. The van der Waals surface area contributed by atoms with Gasteiger partial charge < -0.3 is 20.1 Å². The van der Waals surface area contributed by atoms with Crippen LogP contribution in [0.2, 0.25) is 0 Å². The van der Waals surface area contributed by atoms with E-state index in [2.05, 4.69) is 25.5 Å². The Kier molecular flexibility index (Phi) is 6.65. The number of rotatable bonds is 8. The smallest absolute Gasteiger partial charge is 0.131 e. The van der Waals surface area contributed by atoms with Crippen molar-refractivity contribution in [2.24, 2.45) is 0 Å². The Morgan fingerprint density at radius 2 is 1.86 bits per heavy atom. The van der Waals surface area contributed by atoms with E-state index >= 15 is 0 Å². The standard InChI is InChI=1S/C14H25N5O2/c1-12-17-13(11-14(18-12)16-4-8-20-2)15-3-5-19-6-9-21-10-7-19/h11H,3-10H2,1-2H3,(H2,15,16,17,18). The quantitative estimate of drug-likeness (QED) is 0.680.